The van der Waals surface area contributed by atoms with E-state index in [0.717, 1.165) is 11.1 Å². The molecule has 11 nitrogen and oxygen atoms in total. The number of nitrogens with one attached hydrogen (secondary N) is 2. The molecule has 216 valence electrons. The second-order valence-corrected chi connectivity index (χ2v) is 11.0. The number of aryl methyl sites for hydroxylation is 2. The summed E-state index contributed by atoms with van der Waals surface area (Å²) in [6.45, 7) is 12.7. The summed E-state index contributed by atoms with van der Waals surface area (Å²) in [4.78, 5) is 65.4. The molecule has 1 aromatic carbocycles. The number of nitrogens with two attached hydrogens (primary N) is 1. The van der Waals surface area contributed by atoms with Gasteiger partial charge in [0.05, 0.1) is 19.4 Å². The van der Waals surface area contributed by atoms with E-state index in [0.29, 0.717) is 12.0 Å². The monoisotopic (exact) mass is 546 g/mol. The van der Waals surface area contributed by atoms with Crippen LogP contribution in [0, 0.1) is 19.8 Å². The maximum absolute atomic E-state index is 14.0. The molecule has 0 heterocycles. The zero-order valence-electron chi connectivity index (χ0n) is 24.0. The molecule has 1 aliphatic carbocycles. The first-order chi connectivity index (χ1) is 18.1. The van der Waals surface area contributed by atoms with Crippen molar-refractivity contribution in [1.82, 2.24) is 15.5 Å². The van der Waals surface area contributed by atoms with Crippen LogP contribution < -0.4 is 16.4 Å². The number of ether oxygens (including phenoxy) is 2. The fraction of sp³-hybridized carbons (Fsp3) is 0.607. The van der Waals surface area contributed by atoms with Gasteiger partial charge in [-0.15, -0.1) is 0 Å². The molecule has 1 saturated carbocycles. The quantitative estimate of drug-likeness (QED) is 0.340. The molecular formula is C28H42N4O7. The predicted octanol–water partition coefficient (Wildman–Crippen LogP) is 2.42. The summed E-state index contributed by atoms with van der Waals surface area (Å²) in [5.41, 5.74) is 7.09. The topological polar surface area (TPSA) is 157 Å². The van der Waals surface area contributed by atoms with Crippen LogP contribution in [0.15, 0.2) is 18.2 Å². The number of carbonyl (C=O) groups is 5. The van der Waals surface area contributed by atoms with E-state index in [4.69, 9.17) is 15.2 Å². The van der Waals surface area contributed by atoms with Gasteiger partial charge in [-0.3, -0.25) is 19.2 Å². The van der Waals surface area contributed by atoms with Gasteiger partial charge < -0.3 is 30.7 Å². The predicted molar refractivity (Wildman–Crippen MR) is 144 cm³/mol. The summed E-state index contributed by atoms with van der Waals surface area (Å²) in [5.74, 6) is -2.28. The molecule has 39 heavy (non-hydrogen) atoms. The van der Waals surface area contributed by atoms with Crippen LogP contribution in [0.1, 0.15) is 76.6 Å². The molecule has 0 radical (unpaired) electrons. The number of esters is 1. The van der Waals surface area contributed by atoms with Crippen LogP contribution in [0.5, 0.6) is 0 Å². The molecule has 0 saturated heterocycles. The summed E-state index contributed by atoms with van der Waals surface area (Å²) in [5, 5.41) is 5.23. The van der Waals surface area contributed by atoms with Crippen molar-refractivity contribution in [2.45, 2.75) is 91.5 Å². The Hall–Kier alpha value is -3.63. The SMILES string of the molecule is CCOC(=O)CCNC(=O)C(c1ccc(C)c(C)c1)N(C(=O)C(CC(N)=O)NC(=O)OC(C)(C)C)C1CC1C. The van der Waals surface area contributed by atoms with Crippen molar-refractivity contribution in [2.75, 3.05) is 13.2 Å². The van der Waals surface area contributed by atoms with Crippen molar-refractivity contribution in [3.05, 3.63) is 34.9 Å². The number of amides is 4. The first-order valence-electron chi connectivity index (χ1n) is 13.2. The number of primary amides is 1. The Labute approximate surface area is 230 Å². The number of nitrogens with zero attached hydrogens (tertiary/aromatic N) is 1. The van der Waals surface area contributed by atoms with Crippen LogP contribution in [0.3, 0.4) is 0 Å². The lowest BCUT2D eigenvalue weighted by Crippen LogP contribution is -2.55. The van der Waals surface area contributed by atoms with Crippen LogP contribution >= 0.6 is 0 Å². The molecule has 1 aromatic rings. The average Bonchev–Trinajstić information content (AvgIpc) is 3.52. The highest BCUT2D eigenvalue weighted by Crippen LogP contribution is 2.41. The molecule has 0 spiro atoms. The molecule has 4 unspecified atom stereocenters. The van der Waals surface area contributed by atoms with E-state index >= 15 is 0 Å². The largest absolute Gasteiger partial charge is 0.466 e. The van der Waals surface area contributed by atoms with Gasteiger partial charge in [-0.1, -0.05) is 25.1 Å². The van der Waals surface area contributed by atoms with Crippen LogP contribution in [-0.4, -0.2) is 65.5 Å². The van der Waals surface area contributed by atoms with Gasteiger partial charge in [0.25, 0.3) is 0 Å². The van der Waals surface area contributed by atoms with Gasteiger partial charge >= 0.3 is 12.1 Å². The van der Waals surface area contributed by atoms with Gasteiger partial charge in [0.2, 0.25) is 17.7 Å². The third kappa shape index (κ3) is 9.56. The van der Waals surface area contributed by atoms with E-state index < -0.39 is 53.9 Å². The molecule has 4 N–H and O–H groups in total. The normalized spacial score (nSPS) is 17.8. The van der Waals surface area contributed by atoms with E-state index in [9.17, 15) is 24.0 Å². The Bertz CT molecular complexity index is 1080. The molecular weight excluding hydrogens is 504 g/mol. The Morgan fingerprint density at radius 1 is 1.13 bits per heavy atom. The zero-order valence-corrected chi connectivity index (χ0v) is 24.0. The fourth-order valence-corrected chi connectivity index (χ4v) is 4.19. The Balaban J connectivity index is 2.47. The number of carbonyl (C=O) groups excluding carboxylic acids is 5. The van der Waals surface area contributed by atoms with Crippen molar-refractivity contribution >= 4 is 29.8 Å². The highest BCUT2D eigenvalue weighted by Gasteiger charge is 2.48. The minimum absolute atomic E-state index is 0.0160. The molecule has 2 rings (SSSR count). The lowest BCUT2D eigenvalue weighted by molar-refractivity contribution is -0.145. The van der Waals surface area contributed by atoms with Crippen molar-refractivity contribution < 1.29 is 33.4 Å². The second-order valence-electron chi connectivity index (χ2n) is 11.0. The Kier molecular flexibility index (Phi) is 10.9. The molecule has 0 aliphatic heterocycles. The highest BCUT2D eigenvalue weighted by atomic mass is 16.6. The van der Waals surface area contributed by atoms with Crippen molar-refractivity contribution in [3.8, 4) is 0 Å². The third-order valence-corrected chi connectivity index (χ3v) is 6.38. The van der Waals surface area contributed by atoms with E-state index in [1.165, 1.54) is 4.90 Å². The number of rotatable bonds is 12. The highest BCUT2D eigenvalue weighted by molar-refractivity contribution is 5.95. The van der Waals surface area contributed by atoms with E-state index in [1.807, 2.05) is 32.9 Å². The maximum Gasteiger partial charge on any atom is 0.408 e. The summed E-state index contributed by atoms with van der Waals surface area (Å²) in [6.07, 6.45) is -0.747. The molecule has 1 fully saturated rings. The molecule has 1 aliphatic rings. The number of hydrogen-bond acceptors (Lipinski definition) is 7. The van der Waals surface area contributed by atoms with Gasteiger partial charge in [0.1, 0.15) is 17.7 Å². The lowest BCUT2D eigenvalue weighted by Gasteiger charge is -2.35. The van der Waals surface area contributed by atoms with Crippen LogP contribution in [-0.2, 0) is 28.7 Å². The van der Waals surface area contributed by atoms with E-state index in [1.54, 1.807) is 33.8 Å². The second kappa shape index (κ2) is 13.4. The third-order valence-electron chi connectivity index (χ3n) is 6.38. The number of alkyl carbamates (subject to hydrolysis) is 1. The Morgan fingerprint density at radius 2 is 1.77 bits per heavy atom. The van der Waals surface area contributed by atoms with Gasteiger partial charge in [-0.25, -0.2) is 4.79 Å². The molecule has 0 aromatic heterocycles. The first-order valence-corrected chi connectivity index (χ1v) is 13.2. The van der Waals surface area contributed by atoms with Crippen LogP contribution in [0.4, 0.5) is 4.79 Å². The van der Waals surface area contributed by atoms with Crippen molar-refractivity contribution in [2.24, 2.45) is 11.7 Å². The Morgan fingerprint density at radius 3 is 2.28 bits per heavy atom. The molecule has 11 heteroatoms. The molecule has 4 amide bonds. The summed E-state index contributed by atoms with van der Waals surface area (Å²) >= 11 is 0. The summed E-state index contributed by atoms with van der Waals surface area (Å²) in [7, 11) is 0. The van der Waals surface area contributed by atoms with Crippen LogP contribution in [0.2, 0.25) is 0 Å². The summed E-state index contributed by atoms with van der Waals surface area (Å²) in [6, 6.07) is 2.74. The minimum atomic E-state index is -1.34. The average molecular weight is 547 g/mol. The van der Waals surface area contributed by atoms with Gasteiger partial charge in [0, 0.05) is 12.6 Å². The standard InChI is InChI=1S/C28H42N4O7/c1-8-38-23(34)11-12-30-25(35)24(19-10-9-16(2)17(3)13-19)32(21-14-18(21)4)26(36)20(15-22(29)33)31-27(37)39-28(5,6)7/h9-10,13,18,20-21,24H,8,11-12,14-15H2,1-7H3,(H2,29,33)(H,30,35)(H,31,37). The lowest BCUT2D eigenvalue weighted by atomic mass is 9.97. The molecule has 4 atom stereocenters. The van der Waals surface area contributed by atoms with Gasteiger partial charge in [-0.05, 0) is 70.6 Å². The van der Waals surface area contributed by atoms with Gasteiger partial charge in [-0.2, -0.15) is 0 Å². The van der Waals surface area contributed by atoms with Gasteiger partial charge in [0.15, 0.2) is 0 Å². The number of hydrogen-bond donors (Lipinski definition) is 3. The zero-order chi connectivity index (χ0) is 29.5. The van der Waals surface area contributed by atoms with E-state index in [-0.39, 0.29) is 31.5 Å². The van der Waals surface area contributed by atoms with Crippen molar-refractivity contribution in [3.63, 3.8) is 0 Å². The first kappa shape index (κ1) is 31.6. The minimum Gasteiger partial charge on any atom is -0.466 e. The maximum atomic E-state index is 14.0. The van der Waals surface area contributed by atoms with E-state index in [2.05, 4.69) is 10.6 Å². The smallest absolute Gasteiger partial charge is 0.408 e. The fourth-order valence-electron chi connectivity index (χ4n) is 4.19. The summed E-state index contributed by atoms with van der Waals surface area (Å²) < 4.78 is 10.2. The molecule has 0 bridgehead atoms. The van der Waals surface area contributed by atoms with Crippen LogP contribution in [0.25, 0.3) is 0 Å². The van der Waals surface area contributed by atoms with Crippen molar-refractivity contribution in [1.29, 1.82) is 0 Å². The number of benzene rings is 1.